The van der Waals surface area contributed by atoms with Gasteiger partial charge in [0.25, 0.3) is 0 Å². The Morgan fingerprint density at radius 3 is 2.22 bits per heavy atom. The highest BCUT2D eigenvalue weighted by atomic mass is 32.1. The summed E-state index contributed by atoms with van der Waals surface area (Å²) in [5, 5.41) is 6.47. The monoisotopic (exact) mass is 368 g/mol. The molecule has 0 saturated heterocycles. The Morgan fingerprint density at radius 2 is 1.41 bits per heavy atom. The molecular formula is C25H20OS. The first-order valence-corrected chi connectivity index (χ1v) is 10.1. The molecule has 0 aliphatic heterocycles. The van der Waals surface area contributed by atoms with Crippen LogP contribution in [0.5, 0.6) is 0 Å². The van der Waals surface area contributed by atoms with E-state index in [0.29, 0.717) is 0 Å². The van der Waals surface area contributed by atoms with Crippen LogP contribution in [0.15, 0.2) is 71.5 Å². The van der Waals surface area contributed by atoms with Crippen LogP contribution in [0.2, 0.25) is 0 Å². The number of hydrogen-bond acceptors (Lipinski definition) is 2. The zero-order valence-electron chi connectivity index (χ0n) is 15.7. The molecule has 0 atom stereocenters. The lowest BCUT2D eigenvalue weighted by molar-refractivity contribution is 0.596. The Hall–Kier alpha value is -2.71. The average Bonchev–Trinajstić information content (AvgIpc) is 2.64. The van der Waals surface area contributed by atoms with Crippen molar-refractivity contribution in [1.29, 1.82) is 0 Å². The zero-order valence-corrected chi connectivity index (χ0v) is 16.5. The van der Waals surface area contributed by atoms with Crippen LogP contribution >= 0.6 is 11.3 Å². The van der Waals surface area contributed by atoms with Crippen LogP contribution in [0.4, 0.5) is 0 Å². The normalized spacial score (nSPS) is 12.4. The van der Waals surface area contributed by atoms with Crippen molar-refractivity contribution in [2.75, 3.05) is 0 Å². The molecule has 4 aromatic carbocycles. The van der Waals surface area contributed by atoms with Gasteiger partial charge in [-0.1, -0.05) is 51.1 Å². The van der Waals surface area contributed by atoms with Crippen molar-refractivity contribution in [3.05, 3.63) is 82.5 Å². The van der Waals surface area contributed by atoms with Crippen molar-refractivity contribution < 1.29 is 0 Å². The van der Waals surface area contributed by atoms with Gasteiger partial charge in [-0.2, -0.15) is 0 Å². The Labute approximate surface area is 161 Å². The van der Waals surface area contributed by atoms with E-state index in [0.717, 1.165) is 25.6 Å². The van der Waals surface area contributed by atoms with E-state index in [1.54, 1.807) is 11.3 Å². The molecule has 27 heavy (non-hydrogen) atoms. The first kappa shape index (κ1) is 16.5. The SMILES string of the molecule is CC(C)(C)c1cccc2cc3cc4sc5ccccc5c(=O)c4cc3cc12. The fraction of sp³-hybridized carbons (Fsp3) is 0.160. The van der Waals surface area contributed by atoms with Crippen molar-refractivity contribution in [1.82, 2.24) is 0 Å². The van der Waals surface area contributed by atoms with Gasteiger partial charge in [0.05, 0.1) is 0 Å². The second kappa shape index (κ2) is 5.64. The molecule has 0 bridgehead atoms. The van der Waals surface area contributed by atoms with Gasteiger partial charge in [0.15, 0.2) is 5.43 Å². The fourth-order valence-electron chi connectivity index (χ4n) is 3.98. The van der Waals surface area contributed by atoms with E-state index in [1.165, 1.54) is 21.7 Å². The van der Waals surface area contributed by atoms with Crippen molar-refractivity contribution in [3.63, 3.8) is 0 Å². The molecule has 1 aromatic heterocycles. The minimum atomic E-state index is 0.0754. The second-order valence-corrected chi connectivity index (χ2v) is 9.34. The van der Waals surface area contributed by atoms with Crippen LogP contribution in [0.1, 0.15) is 26.3 Å². The molecule has 0 amide bonds. The molecule has 2 heteroatoms. The lowest BCUT2D eigenvalue weighted by Crippen LogP contribution is -2.11. The topological polar surface area (TPSA) is 17.1 Å². The number of hydrogen-bond donors (Lipinski definition) is 0. The Morgan fingerprint density at radius 1 is 0.667 bits per heavy atom. The van der Waals surface area contributed by atoms with Crippen molar-refractivity contribution in [2.24, 2.45) is 0 Å². The average molecular weight is 369 g/mol. The Kier molecular flexibility index (Phi) is 3.44. The highest BCUT2D eigenvalue weighted by molar-refractivity contribution is 7.24. The predicted octanol–water partition coefficient (Wildman–Crippen LogP) is 7.02. The smallest absolute Gasteiger partial charge is 0.195 e. The summed E-state index contributed by atoms with van der Waals surface area (Å²) >= 11 is 1.69. The predicted molar refractivity (Wildman–Crippen MR) is 119 cm³/mol. The summed E-state index contributed by atoms with van der Waals surface area (Å²) in [6.45, 7) is 6.74. The van der Waals surface area contributed by atoms with E-state index in [1.807, 2.05) is 24.3 Å². The fourth-order valence-corrected chi connectivity index (χ4v) is 5.08. The third-order valence-corrected chi connectivity index (χ3v) is 6.47. The number of benzene rings is 4. The molecule has 5 aromatic rings. The highest BCUT2D eigenvalue weighted by Crippen LogP contribution is 2.35. The summed E-state index contributed by atoms with van der Waals surface area (Å²) in [5.41, 5.74) is 1.54. The van der Waals surface area contributed by atoms with Crippen molar-refractivity contribution in [2.45, 2.75) is 26.2 Å². The van der Waals surface area contributed by atoms with E-state index in [-0.39, 0.29) is 10.8 Å². The first-order valence-electron chi connectivity index (χ1n) is 9.24. The Balaban J connectivity index is 1.93. The summed E-state index contributed by atoms with van der Waals surface area (Å²) in [6.07, 6.45) is 0. The molecule has 0 saturated carbocycles. The molecule has 1 heterocycles. The van der Waals surface area contributed by atoms with Gasteiger partial charge in [-0.3, -0.25) is 4.79 Å². The maximum absolute atomic E-state index is 13.0. The molecule has 0 aliphatic carbocycles. The summed E-state index contributed by atoms with van der Waals surface area (Å²) < 4.78 is 2.10. The van der Waals surface area contributed by atoms with Crippen LogP contribution in [0.25, 0.3) is 41.7 Å². The molecule has 1 nitrogen and oxygen atoms in total. The van der Waals surface area contributed by atoms with Crippen LogP contribution in [0.3, 0.4) is 0 Å². The van der Waals surface area contributed by atoms with E-state index < -0.39 is 0 Å². The van der Waals surface area contributed by atoms with E-state index >= 15 is 0 Å². The largest absolute Gasteiger partial charge is 0.289 e. The summed E-state index contributed by atoms with van der Waals surface area (Å²) in [6, 6.07) is 23.2. The molecule has 0 spiro atoms. The van der Waals surface area contributed by atoms with E-state index in [2.05, 4.69) is 63.2 Å². The maximum Gasteiger partial charge on any atom is 0.195 e. The summed E-state index contributed by atoms with van der Waals surface area (Å²) in [7, 11) is 0. The Bertz CT molecular complexity index is 1420. The minimum absolute atomic E-state index is 0.0754. The maximum atomic E-state index is 13.0. The van der Waals surface area contributed by atoms with Gasteiger partial charge in [-0.05, 0) is 68.9 Å². The summed E-state index contributed by atoms with van der Waals surface area (Å²) in [4.78, 5) is 13.0. The molecule has 132 valence electrons. The van der Waals surface area contributed by atoms with Crippen LogP contribution in [0, 0.1) is 0 Å². The molecule has 0 aliphatic rings. The van der Waals surface area contributed by atoms with E-state index in [4.69, 9.17) is 0 Å². The quantitative estimate of drug-likeness (QED) is 0.268. The standard InChI is InChI=1S/C25H20OS/c1-25(2,3)21-9-6-7-15-11-16-14-23-20(13-17(16)12-19(15)21)24(26)18-8-4-5-10-22(18)27-23/h4-14H,1-3H3. The van der Waals surface area contributed by atoms with Gasteiger partial charge in [0.2, 0.25) is 0 Å². The van der Waals surface area contributed by atoms with Gasteiger partial charge in [0.1, 0.15) is 0 Å². The minimum Gasteiger partial charge on any atom is -0.289 e. The first-order chi connectivity index (χ1) is 12.9. The molecule has 5 rings (SSSR count). The van der Waals surface area contributed by atoms with Gasteiger partial charge >= 0.3 is 0 Å². The number of rotatable bonds is 0. The lowest BCUT2D eigenvalue weighted by atomic mass is 9.83. The van der Waals surface area contributed by atoms with Crippen LogP contribution in [-0.4, -0.2) is 0 Å². The van der Waals surface area contributed by atoms with Gasteiger partial charge < -0.3 is 0 Å². The zero-order chi connectivity index (χ0) is 18.8. The molecule has 0 unspecified atom stereocenters. The van der Waals surface area contributed by atoms with E-state index in [9.17, 15) is 4.79 Å². The lowest BCUT2D eigenvalue weighted by Gasteiger charge is -2.21. The third kappa shape index (κ3) is 2.55. The second-order valence-electron chi connectivity index (χ2n) is 8.25. The van der Waals surface area contributed by atoms with Crippen molar-refractivity contribution >= 4 is 53.1 Å². The van der Waals surface area contributed by atoms with Gasteiger partial charge in [-0.15, -0.1) is 11.3 Å². The third-order valence-electron chi connectivity index (χ3n) is 5.34. The number of fused-ring (bicyclic) bond motifs is 4. The van der Waals surface area contributed by atoms with Gasteiger partial charge in [-0.25, -0.2) is 0 Å². The highest BCUT2D eigenvalue weighted by Gasteiger charge is 2.17. The van der Waals surface area contributed by atoms with Crippen LogP contribution in [-0.2, 0) is 5.41 Å². The molecule has 0 N–H and O–H groups in total. The van der Waals surface area contributed by atoms with Crippen LogP contribution < -0.4 is 5.43 Å². The molecule has 0 radical (unpaired) electrons. The van der Waals surface area contributed by atoms with Crippen molar-refractivity contribution in [3.8, 4) is 0 Å². The molecular weight excluding hydrogens is 348 g/mol. The van der Waals surface area contributed by atoms with Gasteiger partial charge in [0, 0.05) is 20.2 Å². The summed E-state index contributed by atoms with van der Waals surface area (Å²) in [5.74, 6) is 0. The molecule has 0 fully saturated rings.